The number of nitrogens with one attached hydrogen (secondary N) is 1. The summed E-state index contributed by atoms with van der Waals surface area (Å²) in [7, 11) is 0. The highest BCUT2D eigenvalue weighted by Crippen LogP contribution is 2.70. The molecule has 2 bridgehead atoms. The fourth-order valence-electron chi connectivity index (χ4n) is 5.19. The molecule has 30 heavy (non-hydrogen) atoms. The van der Waals surface area contributed by atoms with Crippen molar-refractivity contribution in [3.63, 3.8) is 0 Å². The lowest BCUT2D eigenvalue weighted by atomic mass is 9.63. The number of hydrogen-bond donors (Lipinski definition) is 1. The molecule has 1 aromatic heterocycles. The number of rotatable bonds is 3. The maximum absolute atomic E-state index is 13.7. The van der Waals surface area contributed by atoms with Gasteiger partial charge in [0.2, 0.25) is 5.91 Å². The predicted octanol–water partition coefficient (Wildman–Crippen LogP) is 3.39. The number of carbonyl (C=O) groups excluding carboxylic acids is 2. The van der Waals surface area contributed by atoms with Gasteiger partial charge in [-0.15, -0.1) is 0 Å². The van der Waals surface area contributed by atoms with E-state index in [4.69, 9.17) is 0 Å². The van der Waals surface area contributed by atoms with Crippen molar-refractivity contribution < 1.29 is 9.59 Å². The zero-order valence-electron chi connectivity index (χ0n) is 17.3. The monoisotopic (exact) mass is 399 g/mol. The van der Waals surface area contributed by atoms with Crippen LogP contribution in [0.2, 0.25) is 0 Å². The van der Waals surface area contributed by atoms with Gasteiger partial charge in [-0.3, -0.25) is 9.59 Å². The van der Waals surface area contributed by atoms with E-state index < -0.39 is 16.2 Å². The average Bonchev–Trinajstić information content (AvgIpc) is 3.02. The fourth-order valence-corrected chi connectivity index (χ4v) is 5.19. The topological polar surface area (TPSA) is 120 Å². The number of fused-ring (bicyclic) bond motifs is 5. The number of amides is 1. The van der Waals surface area contributed by atoms with Crippen molar-refractivity contribution in [1.29, 1.82) is 10.5 Å². The van der Waals surface area contributed by atoms with E-state index in [1.807, 2.05) is 32.9 Å². The van der Waals surface area contributed by atoms with Gasteiger partial charge in [-0.25, -0.2) is 9.97 Å². The maximum atomic E-state index is 13.7. The summed E-state index contributed by atoms with van der Waals surface area (Å²) in [5.74, 6) is -0.323. The van der Waals surface area contributed by atoms with E-state index in [9.17, 15) is 20.1 Å². The van der Waals surface area contributed by atoms with Crippen molar-refractivity contribution in [3.05, 3.63) is 52.6 Å². The van der Waals surface area contributed by atoms with E-state index in [1.54, 1.807) is 24.3 Å². The largest absolute Gasteiger partial charge is 0.325 e. The van der Waals surface area contributed by atoms with Gasteiger partial charge in [-0.05, 0) is 37.3 Å². The Bertz CT molecular complexity index is 1200. The Morgan fingerprint density at radius 2 is 1.67 bits per heavy atom. The first-order chi connectivity index (χ1) is 14.1. The molecule has 2 aliphatic rings. The zero-order valence-corrected chi connectivity index (χ0v) is 17.3. The number of nitriles is 2. The standard InChI is InChI=1S/C23H21N5O2/c1-13(29)14-6-5-7-15(10-14)26-20(30)23-9-8-22(4,21(23,2)3)18-19(23)28-17(12-25)16(11-24)27-18/h5-7,10H,8-9H2,1-4H3,(H,26,30). The maximum Gasteiger partial charge on any atom is 0.237 e. The minimum atomic E-state index is -0.990. The second-order valence-corrected chi connectivity index (χ2v) is 8.80. The van der Waals surface area contributed by atoms with Gasteiger partial charge in [0.1, 0.15) is 12.1 Å². The lowest BCUT2D eigenvalue weighted by Gasteiger charge is -2.39. The van der Waals surface area contributed by atoms with Crippen molar-refractivity contribution in [2.45, 2.75) is 51.4 Å². The molecule has 1 N–H and O–H groups in total. The third-order valence-corrected chi connectivity index (χ3v) is 7.40. The Morgan fingerprint density at radius 1 is 1.03 bits per heavy atom. The number of nitrogens with zero attached hydrogens (tertiary/aromatic N) is 4. The van der Waals surface area contributed by atoms with Gasteiger partial charge >= 0.3 is 0 Å². The van der Waals surface area contributed by atoms with E-state index in [2.05, 4.69) is 15.3 Å². The van der Waals surface area contributed by atoms with E-state index in [1.165, 1.54) is 6.92 Å². The Balaban J connectivity index is 1.87. The molecule has 0 spiro atoms. The number of ketones is 1. The summed E-state index contributed by atoms with van der Waals surface area (Å²) >= 11 is 0. The Hall–Kier alpha value is -3.58. The van der Waals surface area contributed by atoms with Crippen molar-refractivity contribution in [3.8, 4) is 12.1 Å². The summed E-state index contributed by atoms with van der Waals surface area (Å²) in [6.45, 7) is 7.57. The first kappa shape index (κ1) is 19.7. The summed E-state index contributed by atoms with van der Waals surface area (Å²) in [5.41, 5.74) is 0.104. The molecule has 1 aromatic carbocycles. The van der Waals surface area contributed by atoms with Gasteiger partial charge in [-0.1, -0.05) is 32.9 Å². The van der Waals surface area contributed by atoms with E-state index in [0.29, 0.717) is 29.1 Å². The molecular weight excluding hydrogens is 378 g/mol. The van der Waals surface area contributed by atoms with Gasteiger partial charge in [-0.2, -0.15) is 10.5 Å². The Morgan fingerprint density at radius 3 is 2.27 bits per heavy atom. The highest BCUT2D eigenvalue weighted by Gasteiger charge is 2.73. The Kier molecular flexibility index (Phi) is 4.08. The molecule has 4 rings (SSSR count). The first-order valence-electron chi connectivity index (χ1n) is 9.78. The van der Waals surface area contributed by atoms with Crippen LogP contribution in [0.15, 0.2) is 24.3 Å². The van der Waals surface area contributed by atoms with Gasteiger partial charge in [0.05, 0.1) is 16.8 Å². The Labute approximate surface area is 174 Å². The van der Waals surface area contributed by atoms with Crippen LogP contribution in [0.5, 0.6) is 0 Å². The number of hydrogen-bond acceptors (Lipinski definition) is 6. The summed E-state index contributed by atoms with van der Waals surface area (Å²) in [6, 6.07) is 10.7. The van der Waals surface area contributed by atoms with Crippen molar-refractivity contribution in [2.75, 3.05) is 5.32 Å². The average molecular weight is 399 g/mol. The minimum Gasteiger partial charge on any atom is -0.325 e. The van der Waals surface area contributed by atoms with Gasteiger partial charge < -0.3 is 5.32 Å². The van der Waals surface area contributed by atoms with Crippen LogP contribution in [0.1, 0.15) is 73.7 Å². The lowest BCUT2D eigenvalue weighted by Crippen LogP contribution is -2.48. The normalized spacial score (nSPS) is 25.1. The molecule has 0 aliphatic heterocycles. The summed E-state index contributed by atoms with van der Waals surface area (Å²) in [5, 5.41) is 21.8. The summed E-state index contributed by atoms with van der Waals surface area (Å²) in [6.07, 6.45) is 1.28. The van der Waals surface area contributed by atoms with Crippen LogP contribution < -0.4 is 5.32 Å². The fraction of sp³-hybridized carbons (Fsp3) is 0.391. The molecule has 0 saturated heterocycles. The van der Waals surface area contributed by atoms with Crippen LogP contribution in [0.4, 0.5) is 5.69 Å². The van der Waals surface area contributed by atoms with Crippen LogP contribution in [-0.2, 0) is 15.6 Å². The zero-order chi connectivity index (χ0) is 21.9. The molecule has 150 valence electrons. The number of Topliss-reactive ketones (excluding diaryl/α,β-unsaturated/α-hetero) is 1. The van der Waals surface area contributed by atoms with E-state index >= 15 is 0 Å². The summed E-state index contributed by atoms with van der Waals surface area (Å²) < 4.78 is 0. The van der Waals surface area contributed by atoms with Crippen molar-refractivity contribution in [2.24, 2.45) is 5.41 Å². The van der Waals surface area contributed by atoms with Gasteiger partial charge in [0.15, 0.2) is 17.2 Å². The molecule has 7 heteroatoms. The highest BCUT2D eigenvalue weighted by molar-refractivity contribution is 6.02. The molecule has 2 aromatic rings. The minimum absolute atomic E-state index is 0.00876. The predicted molar refractivity (Wildman–Crippen MR) is 109 cm³/mol. The van der Waals surface area contributed by atoms with E-state index in [0.717, 1.165) is 6.42 Å². The smallest absolute Gasteiger partial charge is 0.237 e. The number of benzene rings is 1. The molecule has 1 heterocycles. The second kappa shape index (κ2) is 6.21. The molecule has 2 unspecified atom stereocenters. The molecule has 1 amide bonds. The number of anilines is 1. The quantitative estimate of drug-likeness (QED) is 0.790. The summed E-state index contributed by atoms with van der Waals surface area (Å²) in [4.78, 5) is 34.4. The van der Waals surface area contributed by atoms with Crippen LogP contribution in [0.25, 0.3) is 0 Å². The highest BCUT2D eigenvalue weighted by atomic mass is 16.2. The third kappa shape index (κ3) is 2.23. The molecule has 2 aliphatic carbocycles. The SMILES string of the molecule is CC(=O)c1cccc(NC(=O)C23CCC(C)(c4nc(C#N)c(C#N)nc42)C3(C)C)c1. The number of aromatic nitrogens is 2. The number of carbonyl (C=O) groups is 2. The van der Waals surface area contributed by atoms with Gasteiger partial charge in [0.25, 0.3) is 0 Å². The third-order valence-electron chi connectivity index (χ3n) is 7.40. The lowest BCUT2D eigenvalue weighted by molar-refractivity contribution is -0.125. The van der Waals surface area contributed by atoms with E-state index in [-0.39, 0.29) is 23.1 Å². The van der Waals surface area contributed by atoms with Crippen LogP contribution >= 0.6 is 0 Å². The van der Waals surface area contributed by atoms with Crippen LogP contribution in [0.3, 0.4) is 0 Å². The molecule has 1 fully saturated rings. The molecular formula is C23H21N5O2. The van der Waals surface area contributed by atoms with Crippen LogP contribution in [-0.4, -0.2) is 21.7 Å². The molecule has 0 radical (unpaired) electrons. The van der Waals surface area contributed by atoms with Gasteiger partial charge in [0, 0.05) is 16.7 Å². The first-order valence-corrected chi connectivity index (χ1v) is 9.78. The van der Waals surface area contributed by atoms with Crippen molar-refractivity contribution in [1.82, 2.24) is 9.97 Å². The molecule has 1 saturated carbocycles. The molecule has 2 atom stereocenters. The molecule has 7 nitrogen and oxygen atoms in total. The van der Waals surface area contributed by atoms with Crippen molar-refractivity contribution >= 4 is 17.4 Å². The second-order valence-electron chi connectivity index (χ2n) is 8.80. The van der Waals surface area contributed by atoms with Crippen LogP contribution in [0, 0.1) is 28.1 Å².